The number of fused-ring (bicyclic) bond motifs is 2. The van der Waals surface area contributed by atoms with Crippen LogP contribution in [0, 0.1) is 0 Å². The molecule has 0 fully saturated rings. The first kappa shape index (κ1) is 21.0. The van der Waals surface area contributed by atoms with Crippen molar-refractivity contribution >= 4 is 11.6 Å². The Morgan fingerprint density at radius 2 is 1.37 bits per heavy atom. The Bertz CT molecular complexity index is 1120. The zero-order chi connectivity index (χ0) is 21.8. The van der Waals surface area contributed by atoms with Gasteiger partial charge in [-0.3, -0.25) is 0 Å². The van der Waals surface area contributed by atoms with E-state index in [0.29, 0.717) is 11.5 Å². The molecule has 160 valence electrons. The van der Waals surface area contributed by atoms with Crippen LogP contribution in [-0.2, 0) is 23.7 Å². The Balaban J connectivity index is 2.10. The predicted molar refractivity (Wildman–Crippen MR) is 126 cm³/mol. The molecule has 0 aromatic heterocycles. The normalized spacial score (nSPS) is 18.5. The SMILES string of the molecule is CC(C)(C)c1ccc2c(c1O)CCCC2=c1cc(C(C)(C)C)c(O)c2c1=CCCC2. The molecule has 2 N–H and O–H groups in total. The molecule has 0 unspecified atom stereocenters. The van der Waals surface area contributed by atoms with Gasteiger partial charge in [0.25, 0.3) is 0 Å². The first-order chi connectivity index (χ1) is 14.0. The molecule has 0 aliphatic heterocycles. The van der Waals surface area contributed by atoms with Gasteiger partial charge in [0.15, 0.2) is 0 Å². The molecule has 0 atom stereocenters. The van der Waals surface area contributed by atoms with E-state index in [1.807, 2.05) is 0 Å². The van der Waals surface area contributed by atoms with Gasteiger partial charge in [0.05, 0.1) is 0 Å². The molecule has 30 heavy (non-hydrogen) atoms. The zero-order valence-corrected chi connectivity index (χ0v) is 19.4. The second kappa shape index (κ2) is 7.18. The fraction of sp³-hybridized carbons (Fsp3) is 0.500. The molecule has 2 aromatic rings. The number of hydrogen-bond acceptors (Lipinski definition) is 2. The summed E-state index contributed by atoms with van der Waals surface area (Å²) in [6.45, 7) is 13.0. The van der Waals surface area contributed by atoms with Crippen LogP contribution < -0.4 is 10.4 Å². The van der Waals surface area contributed by atoms with Crippen LogP contribution in [0.4, 0.5) is 0 Å². The van der Waals surface area contributed by atoms with Gasteiger partial charge in [-0.2, -0.15) is 0 Å². The van der Waals surface area contributed by atoms with Crippen LogP contribution in [0.3, 0.4) is 0 Å². The van der Waals surface area contributed by atoms with Gasteiger partial charge in [-0.1, -0.05) is 59.8 Å². The van der Waals surface area contributed by atoms with Crippen molar-refractivity contribution in [3.05, 3.63) is 56.5 Å². The van der Waals surface area contributed by atoms with Crippen LogP contribution in [0.2, 0.25) is 0 Å². The molecule has 2 aromatic carbocycles. The molecule has 0 amide bonds. The second-order valence-electron chi connectivity index (χ2n) is 11.1. The Morgan fingerprint density at radius 3 is 2.03 bits per heavy atom. The highest BCUT2D eigenvalue weighted by atomic mass is 16.3. The minimum Gasteiger partial charge on any atom is -0.507 e. The second-order valence-corrected chi connectivity index (χ2v) is 11.1. The van der Waals surface area contributed by atoms with E-state index >= 15 is 0 Å². The van der Waals surface area contributed by atoms with Gasteiger partial charge in [-0.15, -0.1) is 0 Å². The van der Waals surface area contributed by atoms with Gasteiger partial charge in [0.2, 0.25) is 0 Å². The van der Waals surface area contributed by atoms with E-state index in [-0.39, 0.29) is 10.8 Å². The average molecular weight is 405 g/mol. The highest BCUT2D eigenvalue weighted by molar-refractivity contribution is 5.74. The van der Waals surface area contributed by atoms with Crippen molar-refractivity contribution in [1.29, 1.82) is 0 Å². The van der Waals surface area contributed by atoms with Gasteiger partial charge < -0.3 is 10.2 Å². The lowest BCUT2D eigenvalue weighted by molar-refractivity contribution is 0.436. The summed E-state index contributed by atoms with van der Waals surface area (Å²) in [6.07, 6.45) is 8.37. The van der Waals surface area contributed by atoms with Crippen LogP contribution in [0.5, 0.6) is 11.5 Å². The summed E-state index contributed by atoms with van der Waals surface area (Å²) >= 11 is 0. The number of hydrogen-bond donors (Lipinski definition) is 2. The molecule has 2 heteroatoms. The highest BCUT2D eigenvalue weighted by Gasteiger charge is 2.27. The number of rotatable bonds is 0. The minimum absolute atomic E-state index is 0.0817. The Morgan fingerprint density at radius 1 is 0.733 bits per heavy atom. The van der Waals surface area contributed by atoms with Crippen molar-refractivity contribution in [3.63, 3.8) is 0 Å². The minimum atomic E-state index is -0.123. The molecular formula is C28H36O2. The Hall–Kier alpha value is -2.22. The van der Waals surface area contributed by atoms with Crippen LogP contribution in [-0.4, -0.2) is 10.2 Å². The molecule has 2 aliphatic carbocycles. The lowest BCUT2D eigenvalue weighted by Gasteiger charge is -2.28. The largest absolute Gasteiger partial charge is 0.507 e. The van der Waals surface area contributed by atoms with Crippen molar-refractivity contribution in [3.8, 4) is 11.5 Å². The molecule has 0 saturated carbocycles. The van der Waals surface area contributed by atoms with E-state index in [4.69, 9.17) is 0 Å². The molecule has 2 nitrogen and oxygen atoms in total. The average Bonchev–Trinajstić information content (AvgIpc) is 2.67. The summed E-state index contributed by atoms with van der Waals surface area (Å²) in [6, 6.07) is 6.57. The molecule has 0 spiro atoms. The van der Waals surface area contributed by atoms with Gasteiger partial charge in [0.1, 0.15) is 11.5 Å². The molecule has 4 rings (SSSR count). The Kier molecular flexibility index (Phi) is 5.03. The van der Waals surface area contributed by atoms with Gasteiger partial charge in [-0.05, 0) is 82.6 Å². The third-order valence-electron chi connectivity index (χ3n) is 6.83. The maximum Gasteiger partial charge on any atom is 0.123 e. The third kappa shape index (κ3) is 3.45. The van der Waals surface area contributed by atoms with Crippen molar-refractivity contribution in [2.45, 2.75) is 90.9 Å². The predicted octanol–water partition coefficient (Wildman–Crippen LogP) is 5.34. The summed E-state index contributed by atoms with van der Waals surface area (Å²) in [4.78, 5) is 0. The Labute approximate surface area is 181 Å². The quantitative estimate of drug-likeness (QED) is 0.622. The number of benzene rings is 2. The van der Waals surface area contributed by atoms with Gasteiger partial charge >= 0.3 is 0 Å². The summed E-state index contributed by atoms with van der Waals surface area (Å²) in [7, 11) is 0. The number of phenolic OH excluding ortho intramolecular Hbond substituents is 2. The van der Waals surface area contributed by atoms with Crippen LogP contribution in [0.1, 0.15) is 95.0 Å². The standard InChI is InChI=1S/C28H36O2/c1-27(2,3)23-15-14-19-17(12-9-13-21(19)25(23)29)22-16-24(28(4,5)6)26(30)20-11-8-7-10-18(20)22/h10,14-16,29-30H,7-9,11-13H2,1-6H3. The van der Waals surface area contributed by atoms with Crippen LogP contribution in [0.15, 0.2) is 18.2 Å². The first-order valence-electron chi connectivity index (χ1n) is 11.4. The van der Waals surface area contributed by atoms with E-state index in [1.54, 1.807) is 0 Å². The van der Waals surface area contributed by atoms with Crippen LogP contribution in [0.25, 0.3) is 11.6 Å². The van der Waals surface area contributed by atoms with Crippen molar-refractivity contribution < 1.29 is 10.2 Å². The number of phenols is 2. The molecule has 2 aliphatic rings. The van der Waals surface area contributed by atoms with Crippen LogP contribution >= 0.6 is 0 Å². The maximum atomic E-state index is 11.1. The number of aromatic hydroxyl groups is 2. The fourth-order valence-electron chi connectivity index (χ4n) is 5.21. The summed E-state index contributed by atoms with van der Waals surface area (Å²) in [5.41, 5.74) is 6.57. The monoisotopic (exact) mass is 404 g/mol. The molecule has 0 saturated heterocycles. The van der Waals surface area contributed by atoms with E-state index < -0.39 is 0 Å². The molecular weight excluding hydrogens is 368 g/mol. The summed E-state index contributed by atoms with van der Waals surface area (Å²) < 4.78 is 0. The van der Waals surface area contributed by atoms with Gasteiger partial charge in [-0.25, -0.2) is 0 Å². The topological polar surface area (TPSA) is 40.5 Å². The zero-order valence-electron chi connectivity index (χ0n) is 19.4. The van der Waals surface area contributed by atoms with Crippen molar-refractivity contribution in [1.82, 2.24) is 0 Å². The van der Waals surface area contributed by atoms with Gasteiger partial charge in [0, 0.05) is 16.7 Å². The lowest BCUT2D eigenvalue weighted by Crippen LogP contribution is -2.36. The highest BCUT2D eigenvalue weighted by Crippen LogP contribution is 2.41. The summed E-state index contributed by atoms with van der Waals surface area (Å²) in [5.74, 6) is 0.963. The fourth-order valence-corrected chi connectivity index (χ4v) is 5.21. The first-order valence-corrected chi connectivity index (χ1v) is 11.4. The summed E-state index contributed by atoms with van der Waals surface area (Å²) in [5, 5.41) is 24.7. The maximum absolute atomic E-state index is 11.1. The molecule has 0 bridgehead atoms. The van der Waals surface area contributed by atoms with E-state index in [2.05, 4.69) is 65.8 Å². The molecule has 0 heterocycles. The lowest BCUT2D eigenvalue weighted by atomic mass is 9.77. The third-order valence-corrected chi connectivity index (χ3v) is 6.83. The van der Waals surface area contributed by atoms with Crippen molar-refractivity contribution in [2.24, 2.45) is 0 Å². The smallest absolute Gasteiger partial charge is 0.123 e. The van der Waals surface area contributed by atoms with Crippen molar-refractivity contribution in [2.75, 3.05) is 0 Å². The van der Waals surface area contributed by atoms with E-state index in [1.165, 1.54) is 21.6 Å². The van der Waals surface area contributed by atoms with E-state index in [9.17, 15) is 10.2 Å². The van der Waals surface area contributed by atoms with E-state index in [0.717, 1.165) is 60.8 Å². The molecule has 0 radical (unpaired) electrons.